The highest BCUT2D eigenvalue weighted by Gasteiger charge is 2.29. The molecule has 1 heterocycles. The number of hydrogen-bond donors (Lipinski definition) is 1. The minimum Gasteiger partial charge on any atom is -0.314 e. The predicted octanol–water partition coefficient (Wildman–Crippen LogP) is 2.57. The summed E-state index contributed by atoms with van der Waals surface area (Å²) >= 11 is 0. The van der Waals surface area contributed by atoms with Crippen LogP contribution in [0.2, 0.25) is 0 Å². The van der Waals surface area contributed by atoms with Gasteiger partial charge >= 0.3 is 0 Å². The summed E-state index contributed by atoms with van der Waals surface area (Å²) in [5.41, 5.74) is -0.246. The molecule has 1 aliphatic rings. The lowest BCUT2D eigenvalue weighted by molar-refractivity contribution is 0.0710. The molecule has 1 saturated heterocycles. The Kier molecular flexibility index (Phi) is 4.76. The molecule has 0 bridgehead atoms. The van der Waals surface area contributed by atoms with Crippen molar-refractivity contribution in [1.29, 1.82) is 0 Å². The Labute approximate surface area is 109 Å². The number of benzene rings is 1. The lowest BCUT2D eigenvalue weighted by Crippen LogP contribution is -2.46. The first-order valence-corrected chi connectivity index (χ1v) is 6.26. The Hall–Kier alpha value is -1.14. The first-order valence-electron chi connectivity index (χ1n) is 6.26. The van der Waals surface area contributed by atoms with E-state index in [1.807, 2.05) is 0 Å². The average molecular weight is 276 g/mol. The maximum absolute atomic E-state index is 13.8. The van der Waals surface area contributed by atoms with Gasteiger partial charge in [-0.15, -0.1) is 0 Å². The average Bonchev–Trinajstić information content (AvgIpc) is 2.38. The Morgan fingerprint density at radius 3 is 2.21 bits per heavy atom. The van der Waals surface area contributed by atoms with E-state index >= 15 is 0 Å². The summed E-state index contributed by atoms with van der Waals surface area (Å²) in [6.45, 7) is 2.28. The van der Waals surface area contributed by atoms with Crippen molar-refractivity contribution < 1.29 is 17.6 Å². The van der Waals surface area contributed by atoms with Crippen LogP contribution in [0, 0.1) is 11.6 Å². The van der Waals surface area contributed by atoms with Gasteiger partial charge in [0, 0.05) is 44.2 Å². The number of nitrogens with zero attached hydrogens (tertiary/aromatic N) is 1. The van der Waals surface area contributed by atoms with E-state index in [1.165, 1.54) is 6.07 Å². The molecule has 19 heavy (non-hydrogen) atoms. The molecule has 2 rings (SSSR count). The van der Waals surface area contributed by atoms with E-state index in [1.54, 1.807) is 4.90 Å². The molecule has 0 saturated carbocycles. The third kappa shape index (κ3) is 3.45. The zero-order valence-corrected chi connectivity index (χ0v) is 10.4. The molecular formula is C13H16F4N2. The van der Waals surface area contributed by atoms with Crippen LogP contribution in [0.15, 0.2) is 18.2 Å². The highest BCUT2D eigenvalue weighted by atomic mass is 19.3. The van der Waals surface area contributed by atoms with E-state index in [2.05, 4.69) is 5.32 Å². The van der Waals surface area contributed by atoms with Crippen LogP contribution < -0.4 is 5.32 Å². The van der Waals surface area contributed by atoms with Crippen LogP contribution in [0.25, 0.3) is 0 Å². The van der Waals surface area contributed by atoms with Crippen LogP contribution in [-0.4, -0.2) is 37.5 Å². The van der Waals surface area contributed by atoms with Gasteiger partial charge in [0.15, 0.2) is 0 Å². The number of hydrogen-bond acceptors (Lipinski definition) is 2. The molecule has 1 N–H and O–H groups in total. The second-order valence-electron chi connectivity index (χ2n) is 4.56. The number of alkyl halides is 2. The molecule has 1 aromatic carbocycles. The first-order chi connectivity index (χ1) is 9.09. The molecule has 106 valence electrons. The largest absolute Gasteiger partial charge is 0.314 e. The SMILES string of the molecule is Fc1cccc(F)c1[C@H](CC(F)F)N1CCNCC1. The van der Waals surface area contributed by atoms with E-state index < -0.39 is 30.5 Å². The number of piperazine rings is 1. The van der Waals surface area contributed by atoms with Crippen LogP contribution >= 0.6 is 0 Å². The quantitative estimate of drug-likeness (QED) is 0.850. The molecule has 0 amide bonds. The fraction of sp³-hybridized carbons (Fsp3) is 0.538. The standard InChI is InChI=1S/C13H16F4N2/c14-9-2-1-3-10(15)13(9)11(8-12(16)17)19-6-4-18-5-7-19/h1-3,11-12,18H,4-8H2/t11-/m0/s1. The Balaban J connectivity index is 2.30. The zero-order valence-electron chi connectivity index (χ0n) is 10.4. The van der Waals surface area contributed by atoms with E-state index in [-0.39, 0.29) is 5.56 Å². The van der Waals surface area contributed by atoms with Gasteiger partial charge < -0.3 is 5.32 Å². The van der Waals surface area contributed by atoms with Crippen LogP contribution in [0.4, 0.5) is 17.6 Å². The fourth-order valence-corrected chi connectivity index (χ4v) is 2.44. The molecule has 1 atom stereocenters. The summed E-state index contributed by atoms with van der Waals surface area (Å²) in [4.78, 5) is 1.71. The van der Waals surface area contributed by atoms with Crippen LogP contribution in [-0.2, 0) is 0 Å². The molecule has 1 fully saturated rings. The molecular weight excluding hydrogens is 260 g/mol. The normalized spacial score (nSPS) is 18.8. The fourth-order valence-electron chi connectivity index (χ4n) is 2.44. The van der Waals surface area contributed by atoms with Crippen molar-refractivity contribution in [2.45, 2.75) is 18.9 Å². The molecule has 1 aromatic rings. The maximum atomic E-state index is 13.8. The van der Waals surface area contributed by atoms with Crippen LogP contribution in [0.1, 0.15) is 18.0 Å². The lowest BCUT2D eigenvalue weighted by atomic mass is 10.00. The maximum Gasteiger partial charge on any atom is 0.240 e. The molecule has 0 radical (unpaired) electrons. The van der Waals surface area contributed by atoms with Crippen molar-refractivity contribution in [3.05, 3.63) is 35.4 Å². The molecule has 0 spiro atoms. The number of rotatable bonds is 4. The van der Waals surface area contributed by atoms with Crippen molar-refractivity contribution >= 4 is 0 Å². The highest BCUT2D eigenvalue weighted by molar-refractivity contribution is 5.23. The summed E-state index contributed by atoms with van der Waals surface area (Å²) in [6.07, 6.45) is -3.16. The van der Waals surface area contributed by atoms with Gasteiger partial charge in [0.05, 0.1) is 0 Å². The second-order valence-corrected chi connectivity index (χ2v) is 4.56. The molecule has 0 aromatic heterocycles. The Morgan fingerprint density at radius 2 is 1.68 bits per heavy atom. The summed E-state index contributed by atoms with van der Waals surface area (Å²) in [7, 11) is 0. The Morgan fingerprint density at radius 1 is 1.11 bits per heavy atom. The minimum absolute atomic E-state index is 0.246. The van der Waals surface area contributed by atoms with Crippen molar-refractivity contribution in [3.63, 3.8) is 0 Å². The summed E-state index contributed by atoms with van der Waals surface area (Å²) < 4.78 is 53.0. The zero-order chi connectivity index (χ0) is 13.8. The van der Waals surface area contributed by atoms with Gasteiger partial charge in [0.2, 0.25) is 6.43 Å². The Bertz CT molecular complexity index is 399. The van der Waals surface area contributed by atoms with Gasteiger partial charge in [-0.1, -0.05) is 6.07 Å². The lowest BCUT2D eigenvalue weighted by Gasteiger charge is -2.35. The monoisotopic (exact) mass is 276 g/mol. The van der Waals surface area contributed by atoms with Gasteiger partial charge in [-0.05, 0) is 12.1 Å². The second kappa shape index (κ2) is 6.34. The third-order valence-electron chi connectivity index (χ3n) is 3.33. The predicted molar refractivity (Wildman–Crippen MR) is 64.2 cm³/mol. The van der Waals surface area contributed by atoms with Gasteiger partial charge in [-0.25, -0.2) is 17.6 Å². The van der Waals surface area contributed by atoms with E-state index in [4.69, 9.17) is 0 Å². The van der Waals surface area contributed by atoms with Gasteiger partial charge in [0.1, 0.15) is 11.6 Å². The van der Waals surface area contributed by atoms with Gasteiger partial charge in [-0.2, -0.15) is 0 Å². The van der Waals surface area contributed by atoms with Crippen LogP contribution in [0.5, 0.6) is 0 Å². The van der Waals surface area contributed by atoms with Crippen molar-refractivity contribution in [1.82, 2.24) is 10.2 Å². The number of halogens is 4. The van der Waals surface area contributed by atoms with Crippen LogP contribution in [0.3, 0.4) is 0 Å². The highest BCUT2D eigenvalue weighted by Crippen LogP contribution is 2.31. The van der Waals surface area contributed by atoms with Crippen molar-refractivity contribution in [2.24, 2.45) is 0 Å². The smallest absolute Gasteiger partial charge is 0.240 e. The van der Waals surface area contributed by atoms with Crippen molar-refractivity contribution in [3.8, 4) is 0 Å². The molecule has 1 aliphatic heterocycles. The third-order valence-corrected chi connectivity index (χ3v) is 3.33. The topological polar surface area (TPSA) is 15.3 Å². The summed E-state index contributed by atoms with van der Waals surface area (Å²) in [5.74, 6) is -1.52. The molecule has 6 heteroatoms. The summed E-state index contributed by atoms with van der Waals surface area (Å²) in [5, 5.41) is 3.09. The van der Waals surface area contributed by atoms with Gasteiger partial charge in [-0.3, -0.25) is 4.90 Å². The number of nitrogens with one attached hydrogen (secondary N) is 1. The molecule has 0 unspecified atom stereocenters. The van der Waals surface area contributed by atoms with Crippen molar-refractivity contribution in [2.75, 3.05) is 26.2 Å². The molecule has 0 aliphatic carbocycles. The van der Waals surface area contributed by atoms with E-state index in [0.29, 0.717) is 26.2 Å². The van der Waals surface area contributed by atoms with E-state index in [0.717, 1.165) is 12.1 Å². The van der Waals surface area contributed by atoms with E-state index in [9.17, 15) is 17.6 Å². The first kappa shape index (κ1) is 14.3. The minimum atomic E-state index is -2.60. The molecule has 2 nitrogen and oxygen atoms in total. The van der Waals surface area contributed by atoms with Gasteiger partial charge in [0.25, 0.3) is 0 Å². The summed E-state index contributed by atoms with van der Waals surface area (Å²) in [6, 6.07) is 2.55.